The lowest BCUT2D eigenvalue weighted by atomic mass is 10.1. The zero-order valence-corrected chi connectivity index (χ0v) is 11.9. The second-order valence-corrected chi connectivity index (χ2v) is 5.76. The average molecular weight is 288 g/mol. The van der Waals surface area contributed by atoms with Crippen molar-refractivity contribution in [3.8, 4) is 0 Å². The molecule has 112 valence electrons. The Morgan fingerprint density at radius 1 is 1.24 bits per heavy atom. The summed E-state index contributed by atoms with van der Waals surface area (Å²) in [5, 5.41) is 10.1. The number of urea groups is 1. The number of nitrogens with zero attached hydrogens (tertiary/aromatic N) is 2. The van der Waals surface area contributed by atoms with Crippen LogP contribution in [-0.4, -0.2) is 52.1 Å². The minimum absolute atomic E-state index is 0.109. The van der Waals surface area contributed by atoms with Crippen molar-refractivity contribution >= 4 is 11.9 Å². The SMILES string of the molecule is O=C1[C@@H]2CCCN2C(=O)N1C[C@H](O)CCc1ccccc1. The van der Waals surface area contributed by atoms with E-state index in [4.69, 9.17) is 0 Å². The highest BCUT2D eigenvalue weighted by Gasteiger charge is 2.47. The van der Waals surface area contributed by atoms with Crippen LogP contribution in [0.1, 0.15) is 24.8 Å². The molecule has 0 spiro atoms. The number of amides is 3. The van der Waals surface area contributed by atoms with Gasteiger partial charge in [-0.2, -0.15) is 0 Å². The molecule has 2 heterocycles. The average Bonchev–Trinajstić information content (AvgIpc) is 3.06. The van der Waals surface area contributed by atoms with Gasteiger partial charge in [-0.25, -0.2) is 4.79 Å². The van der Waals surface area contributed by atoms with Crippen LogP contribution in [0.5, 0.6) is 0 Å². The number of aliphatic hydroxyl groups excluding tert-OH is 1. The van der Waals surface area contributed by atoms with E-state index in [1.54, 1.807) is 4.90 Å². The standard InChI is InChI=1S/C16H20N2O3/c19-13(9-8-12-5-2-1-3-6-12)11-18-15(20)14-7-4-10-17(14)16(18)21/h1-3,5-6,13-14,19H,4,7-11H2/t13-,14+/m1/s1. The van der Waals surface area contributed by atoms with Crippen LogP contribution in [0, 0.1) is 0 Å². The number of benzene rings is 1. The predicted octanol–water partition coefficient (Wildman–Crippen LogP) is 1.41. The predicted molar refractivity (Wildman–Crippen MR) is 77.6 cm³/mol. The highest BCUT2D eigenvalue weighted by atomic mass is 16.3. The van der Waals surface area contributed by atoms with Gasteiger partial charge in [0.2, 0.25) is 0 Å². The van der Waals surface area contributed by atoms with Gasteiger partial charge in [-0.15, -0.1) is 0 Å². The van der Waals surface area contributed by atoms with Crippen LogP contribution in [-0.2, 0) is 11.2 Å². The first-order valence-electron chi connectivity index (χ1n) is 7.51. The van der Waals surface area contributed by atoms with Crippen LogP contribution in [0.15, 0.2) is 30.3 Å². The largest absolute Gasteiger partial charge is 0.391 e. The number of carbonyl (C=O) groups excluding carboxylic acids is 2. The van der Waals surface area contributed by atoms with Gasteiger partial charge in [0.05, 0.1) is 12.6 Å². The molecule has 0 unspecified atom stereocenters. The Morgan fingerprint density at radius 2 is 2.00 bits per heavy atom. The summed E-state index contributed by atoms with van der Waals surface area (Å²) in [6, 6.07) is 9.38. The molecule has 0 bridgehead atoms. The first kappa shape index (κ1) is 14.1. The van der Waals surface area contributed by atoms with E-state index in [1.165, 1.54) is 4.90 Å². The van der Waals surface area contributed by atoms with Crippen LogP contribution in [0.4, 0.5) is 4.79 Å². The van der Waals surface area contributed by atoms with Crippen LogP contribution >= 0.6 is 0 Å². The monoisotopic (exact) mass is 288 g/mol. The molecule has 2 aliphatic rings. The van der Waals surface area contributed by atoms with E-state index in [2.05, 4.69) is 0 Å². The molecule has 3 amide bonds. The first-order chi connectivity index (χ1) is 10.2. The van der Waals surface area contributed by atoms with Crippen molar-refractivity contribution in [1.29, 1.82) is 0 Å². The van der Waals surface area contributed by atoms with Crippen molar-refractivity contribution in [2.24, 2.45) is 0 Å². The van der Waals surface area contributed by atoms with Crippen molar-refractivity contribution in [3.63, 3.8) is 0 Å². The molecule has 1 aromatic rings. The fourth-order valence-electron chi connectivity index (χ4n) is 3.13. The van der Waals surface area contributed by atoms with Crippen molar-refractivity contribution in [2.45, 2.75) is 37.8 Å². The number of hydrogen-bond donors (Lipinski definition) is 1. The molecular formula is C16H20N2O3. The van der Waals surface area contributed by atoms with E-state index in [1.807, 2.05) is 30.3 Å². The van der Waals surface area contributed by atoms with E-state index in [9.17, 15) is 14.7 Å². The quantitative estimate of drug-likeness (QED) is 0.833. The molecule has 2 aliphatic heterocycles. The second kappa shape index (κ2) is 5.85. The molecule has 0 radical (unpaired) electrons. The lowest BCUT2D eigenvalue weighted by molar-refractivity contribution is -0.128. The molecule has 2 fully saturated rings. The Morgan fingerprint density at radius 3 is 2.71 bits per heavy atom. The number of fused-ring (bicyclic) bond motifs is 1. The van der Waals surface area contributed by atoms with Crippen LogP contribution in [0.3, 0.4) is 0 Å². The molecule has 5 nitrogen and oxygen atoms in total. The molecule has 0 aliphatic carbocycles. The molecule has 2 saturated heterocycles. The summed E-state index contributed by atoms with van der Waals surface area (Å²) in [5.41, 5.74) is 1.15. The maximum atomic E-state index is 12.2. The minimum atomic E-state index is -0.668. The van der Waals surface area contributed by atoms with E-state index in [-0.39, 0.29) is 24.5 Å². The summed E-state index contributed by atoms with van der Waals surface area (Å²) in [4.78, 5) is 27.1. The van der Waals surface area contributed by atoms with Gasteiger partial charge in [0.1, 0.15) is 6.04 Å². The number of carbonyl (C=O) groups is 2. The molecule has 2 atom stereocenters. The van der Waals surface area contributed by atoms with E-state index < -0.39 is 6.10 Å². The molecule has 1 aromatic carbocycles. The fraction of sp³-hybridized carbons (Fsp3) is 0.500. The topological polar surface area (TPSA) is 60.9 Å². The Balaban J connectivity index is 1.54. The van der Waals surface area contributed by atoms with Gasteiger partial charge in [-0.3, -0.25) is 9.69 Å². The van der Waals surface area contributed by atoms with Gasteiger partial charge in [-0.05, 0) is 31.2 Å². The lowest BCUT2D eigenvalue weighted by Crippen LogP contribution is -2.39. The number of aliphatic hydroxyl groups is 1. The summed E-state index contributed by atoms with van der Waals surface area (Å²) < 4.78 is 0. The number of β-amino-alcohol motifs (C(OH)–C–C–N with tert-alkyl or cyclic N) is 1. The van der Waals surface area contributed by atoms with E-state index in [0.717, 1.165) is 24.8 Å². The van der Waals surface area contributed by atoms with Crippen molar-refractivity contribution in [2.75, 3.05) is 13.1 Å². The second-order valence-electron chi connectivity index (χ2n) is 5.76. The number of aryl methyl sites for hydroxylation is 1. The van der Waals surface area contributed by atoms with Crippen LogP contribution in [0.25, 0.3) is 0 Å². The molecule has 5 heteroatoms. The zero-order chi connectivity index (χ0) is 14.8. The Labute approximate surface area is 124 Å². The summed E-state index contributed by atoms with van der Waals surface area (Å²) in [7, 11) is 0. The maximum absolute atomic E-state index is 12.2. The van der Waals surface area contributed by atoms with E-state index >= 15 is 0 Å². The third-order valence-corrected chi connectivity index (χ3v) is 4.28. The van der Waals surface area contributed by atoms with Crippen LogP contribution < -0.4 is 0 Å². The Bertz CT molecular complexity index is 510. The summed E-state index contributed by atoms with van der Waals surface area (Å²) in [6.07, 6.45) is 2.27. The normalized spacial score (nSPS) is 22.8. The maximum Gasteiger partial charge on any atom is 0.327 e. The van der Waals surface area contributed by atoms with Gasteiger partial charge >= 0.3 is 6.03 Å². The van der Waals surface area contributed by atoms with Crippen LogP contribution in [0.2, 0.25) is 0 Å². The summed E-state index contributed by atoms with van der Waals surface area (Å²) >= 11 is 0. The third kappa shape index (κ3) is 2.78. The number of rotatable bonds is 5. The minimum Gasteiger partial charge on any atom is -0.391 e. The smallest absolute Gasteiger partial charge is 0.327 e. The lowest BCUT2D eigenvalue weighted by Gasteiger charge is -2.19. The summed E-state index contributed by atoms with van der Waals surface area (Å²) in [5.74, 6) is -0.142. The first-order valence-corrected chi connectivity index (χ1v) is 7.51. The van der Waals surface area contributed by atoms with Gasteiger partial charge < -0.3 is 10.0 Å². The molecular weight excluding hydrogens is 268 g/mol. The van der Waals surface area contributed by atoms with Gasteiger partial charge in [0.15, 0.2) is 0 Å². The molecule has 1 N–H and O–H groups in total. The zero-order valence-electron chi connectivity index (χ0n) is 11.9. The van der Waals surface area contributed by atoms with Crippen molar-refractivity contribution in [1.82, 2.24) is 9.80 Å². The fourth-order valence-corrected chi connectivity index (χ4v) is 3.13. The molecule has 21 heavy (non-hydrogen) atoms. The highest BCUT2D eigenvalue weighted by molar-refractivity contribution is 6.04. The highest BCUT2D eigenvalue weighted by Crippen LogP contribution is 2.27. The van der Waals surface area contributed by atoms with Crippen molar-refractivity contribution in [3.05, 3.63) is 35.9 Å². The van der Waals surface area contributed by atoms with Crippen molar-refractivity contribution < 1.29 is 14.7 Å². The Kier molecular flexibility index (Phi) is 3.92. The molecule has 0 saturated carbocycles. The third-order valence-electron chi connectivity index (χ3n) is 4.28. The van der Waals surface area contributed by atoms with E-state index in [0.29, 0.717) is 13.0 Å². The van der Waals surface area contributed by atoms with Gasteiger partial charge in [-0.1, -0.05) is 30.3 Å². The molecule has 3 rings (SSSR count). The number of imide groups is 1. The van der Waals surface area contributed by atoms with Gasteiger partial charge in [0, 0.05) is 6.54 Å². The summed E-state index contributed by atoms with van der Waals surface area (Å²) in [6.45, 7) is 0.767. The van der Waals surface area contributed by atoms with Gasteiger partial charge in [0.25, 0.3) is 5.91 Å². The molecule has 0 aromatic heterocycles. The Hall–Kier alpha value is -1.88. The number of hydrogen-bond acceptors (Lipinski definition) is 3.